The normalized spacial score (nSPS) is 13.4. The fourth-order valence-electron chi connectivity index (χ4n) is 3.88. The van der Waals surface area contributed by atoms with Gasteiger partial charge < -0.3 is 14.8 Å². The van der Waals surface area contributed by atoms with Gasteiger partial charge in [0.2, 0.25) is 5.95 Å². The molecule has 0 spiro atoms. The lowest BCUT2D eigenvalue weighted by Gasteiger charge is -2.15. The van der Waals surface area contributed by atoms with E-state index in [4.69, 9.17) is 0 Å². The van der Waals surface area contributed by atoms with Gasteiger partial charge in [-0.05, 0) is 61.2 Å². The van der Waals surface area contributed by atoms with E-state index in [2.05, 4.69) is 48.5 Å². The van der Waals surface area contributed by atoms with E-state index in [-0.39, 0.29) is 11.9 Å². The van der Waals surface area contributed by atoms with Crippen LogP contribution in [-0.2, 0) is 13.6 Å². The van der Waals surface area contributed by atoms with Gasteiger partial charge in [0.15, 0.2) is 0 Å². The first-order valence-corrected chi connectivity index (χ1v) is 10.4. The molecule has 0 bridgehead atoms. The maximum atomic E-state index is 12.9. The number of hydrogen-bond acceptors (Lipinski definition) is 3. The second-order valence-corrected chi connectivity index (χ2v) is 8.09. The number of urea groups is 1. The summed E-state index contributed by atoms with van der Waals surface area (Å²) >= 11 is 0. The van der Waals surface area contributed by atoms with Crippen LogP contribution in [0.25, 0.3) is 11.3 Å². The fourth-order valence-corrected chi connectivity index (χ4v) is 3.88. The molecule has 3 aromatic rings. The highest BCUT2D eigenvalue weighted by Gasteiger charge is 2.20. The summed E-state index contributed by atoms with van der Waals surface area (Å²) < 4.78 is 1.90. The molecule has 0 radical (unpaired) electrons. The average Bonchev–Trinajstić information content (AvgIpc) is 3.31. The van der Waals surface area contributed by atoms with Crippen LogP contribution in [0.15, 0.2) is 42.6 Å². The molecule has 4 rings (SSSR count). The van der Waals surface area contributed by atoms with E-state index in [1.54, 1.807) is 17.2 Å². The molecule has 7 heteroatoms. The van der Waals surface area contributed by atoms with Crippen LogP contribution in [-0.4, -0.2) is 39.5 Å². The molecule has 0 aliphatic carbocycles. The molecule has 0 atom stereocenters. The van der Waals surface area contributed by atoms with E-state index in [9.17, 15) is 9.59 Å². The Morgan fingerprint density at radius 3 is 2.65 bits per heavy atom. The van der Waals surface area contributed by atoms with Crippen molar-refractivity contribution in [2.24, 2.45) is 7.05 Å². The van der Waals surface area contributed by atoms with Gasteiger partial charge in [-0.25, -0.2) is 9.78 Å². The van der Waals surface area contributed by atoms with Crippen LogP contribution in [0.5, 0.6) is 0 Å². The van der Waals surface area contributed by atoms with E-state index < -0.39 is 0 Å². The minimum atomic E-state index is -0.232. The Morgan fingerprint density at radius 2 is 1.90 bits per heavy atom. The van der Waals surface area contributed by atoms with Crippen LogP contribution in [0.1, 0.15) is 32.6 Å². The lowest BCUT2D eigenvalue weighted by atomic mass is 9.99. The summed E-state index contributed by atoms with van der Waals surface area (Å²) in [7, 11) is 1.90. The number of nitrogens with one attached hydrogen (secondary N) is 2. The van der Waals surface area contributed by atoms with Gasteiger partial charge in [-0.3, -0.25) is 10.1 Å². The molecule has 1 fully saturated rings. The summed E-state index contributed by atoms with van der Waals surface area (Å²) in [4.78, 5) is 30.8. The van der Waals surface area contributed by atoms with Gasteiger partial charge in [-0.2, -0.15) is 0 Å². The molecule has 1 aliphatic rings. The molecule has 1 aromatic heterocycles. The van der Waals surface area contributed by atoms with Crippen LogP contribution < -0.4 is 10.6 Å². The zero-order chi connectivity index (χ0) is 22.1. The van der Waals surface area contributed by atoms with Crippen LogP contribution in [0, 0.1) is 20.8 Å². The molecule has 31 heavy (non-hydrogen) atoms. The number of hydrogen-bond donors (Lipinski definition) is 2. The Morgan fingerprint density at radius 1 is 1.13 bits per heavy atom. The standard InChI is InChI=1S/C24H27N5O2/c1-15-10-17(3)20(11-16(15)2)21-13-26-23(28(21)4)27-22(30)19-7-5-6-18(12-19)14-29-9-8-25-24(29)31/h5-7,10-13H,8-9,14H2,1-4H3,(H,25,31)(H,26,27,30). The van der Waals surface area contributed by atoms with Gasteiger partial charge in [0.25, 0.3) is 5.91 Å². The first kappa shape index (κ1) is 20.7. The van der Waals surface area contributed by atoms with Gasteiger partial charge in [0.05, 0.1) is 11.9 Å². The van der Waals surface area contributed by atoms with Crippen LogP contribution in [0.3, 0.4) is 0 Å². The number of benzene rings is 2. The van der Waals surface area contributed by atoms with Crippen molar-refractivity contribution in [3.05, 3.63) is 70.4 Å². The highest BCUT2D eigenvalue weighted by atomic mass is 16.2. The number of amides is 3. The quantitative estimate of drug-likeness (QED) is 0.663. The summed E-state index contributed by atoms with van der Waals surface area (Å²) in [6, 6.07) is 11.6. The molecule has 7 nitrogen and oxygen atoms in total. The highest BCUT2D eigenvalue weighted by molar-refractivity contribution is 6.03. The highest BCUT2D eigenvalue weighted by Crippen LogP contribution is 2.28. The third-order valence-electron chi connectivity index (χ3n) is 5.84. The Labute approximate surface area is 182 Å². The molecule has 2 heterocycles. The Balaban J connectivity index is 1.53. The molecule has 160 valence electrons. The third-order valence-corrected chi connectivity index (χ3v) is 5.84. The number of aryl methyl sites for hydroxylation is 3. The van der Waals surface area contributed by atoms with Crippen molar-refractivity contribution >= 4 is 17.9 Å². The van der Waals surface area contributed by atoms with Crippen molar-refractivity contribution in [3.8, 4) is 11.3 Å². The molecular formula is C24H27N5O2. The summed E-state index contributed by atoms with van der Waals surface area (Å²) in [5, 5.41) is 5.70. The second-order valence-electron chi connectivity index (χ2n) is 8.09. The molecule has 2 N–H and O–H groups in total. The molecule has 0 unspecified atom stereocenters. The topological polar surface area (TPSA) is 79.3 Å². The number of imidazole rings is 1. The van der Waals surface area contributed by atoms with Crippen molar-refractivity contribution in [3.63, 3.8) is 0 Å². The Hall–Kier alpha value is -3.61. The number of rotatable bonds is 5. The minimum Gasteiger partial charge on any atom is -0.336 e. The van der Waals surface area contributed by atoms with Crippen LogP contribution in [0.4, 0.5) is 10.7 Å². The SMILES string of the molecule is Cc1cc(C)c(-c2cnc(NC(=O)c3cccc(CN4CCNC4=O)c3)n2C)cc1C. The molecular weight excluding hydrogens is 390 g/mol. The third kappa shape index (κ3) is 4.17. The molecule has 2 aromatic carbocycles. The Bertz CT molecular complexity index is 1160. The summed E-state index contributed by atoms with van der Waals surface area (Å²) in [6.07, 6.45) is 1.79. The molecule has 0 saturated carbocycles. The van der Waals surface area contributed by atoms with E-state index in [1.165, 1.54) is 16.7 Å². The first-order valence-electron chi connectivity index (χ1n) is 10.4. The lowest BCUT2D eigenvalue weighted by molar-refractivity contribution is 0.102. The van der Waals surface area contributed by atoms with Gasteiger partial charge in [0.1, 0.15) is 0 Å². The molecule has 1 saturated heterocycles. The Kier molecular flexibility index (Phi) is 5.50. The van der Waals surface area contributed by atoms with Crippen LogP contribution >= 0.6 is 0 Å². The van der Waals surface area contributed by atoms with Gasteiger partial charge in [-0.15, -0.1) is 0 Å². The van der Waals surface area contributed by atoms with E-state index >= 15 is 0 Å². The number of anilines is 1. The lowest BCUT2D eigenvalue weighted by Crippen LogP contribution is -2.27. The molecule has 3 amide bonds. The van der Waals surface area contributed by atoms with E-state index in [1.807, 2.05) is 29.8 Å². The smallest absolute Gasteiger partial charge is 0.317 e. The van der Waals surface area contributed by atoms with Crippen LogP contribution in [0.2, 0.25) is 0 Å². The summed E-state index contributed by atoms with van der Waals surface area (Å²) in [5.74, 6) is 0.256. The van der Waals surface area contributed by atoms with E-state index in [0.29, 0.717) is 31.1 Å². The van der Waals surface area contributed by atoms with Crippen molar-refractivity contribution in [1.29, 1.82) is 0 Å². The second kappa shape index (κ2) is 8.26. The minimum absolute atomic E-state index is 0.0722. The largest absolute Gasteiger partial charge is 0.336 e. The maximum Gasteiger partial charge on any atom is 0.317 e. The molecule has 1 aliphatic heterocycles. The number of carbonyl (C=O) groups is 2. The van der Waals surface area contributed by atoms with Gasteiger partial charge >= 0.3 is 6.03 Å². The fraction of sp³-hybridized carbons (Fsp3) is 0.292. The number of carbonyl (C=O) groups excluding carboxylic acids is 2. The van der Waals surface area contributed by atoms with Crippen molar-refractivity contribution < 1.29 is 9.59 Å². The van der Waals surface area contributed by atoms with Crippen molar-refractivity contribution in [2.45, 2.75) is 27.3 Å². The van der Waals surface area contributed by atoms with Crippen molar-refractivity contribution in [2.75, 3.05) is 18.4 Å². The van der Waals surface area contributed by atoms with Gasteiger partial charge in [-0.1, -0.05) is 18.2 Å². The van der Waals surface area contributed by atoms with E-state index in [0.717, 1.165) is 16.8 Å². The summed E-state index contributed by atoms with van der Waals surface area (Å²) in [5.41, 5.74) is 7.14. The summed E-state index contributed by atoms with van der Waals surface area (Å²) in [6.45, 7) is 8.08. The monoisotopic (exact) mass is 417 g/mol. The van der Waals surface area contributed by atoms with Gasteiger partial charge in [0, 0.05) is 37.8 Å². The van der Waals surface area contributed by atoms with Crippen molar-refractivity contribution in [1.82, 2.24) is 19.8 Å². The number of nitrogens with zero attached hydrogens (tertiary/aromatic N) is 3. The zero-order valence-corrected chi connectivity index (χ0v) is 18.3. The average molecular weight is 418 g/mol. The number of aromatic nitrogens is 2. The zero-order valence-electron chi connectivity index (χ0n) is 18.3. The predicted octanol–water partition coefficient (Wildman–Crippen LogP) is 3.79. The predicted molar refractivity (Wildman–Crippen MR) is 121 cm³/mol. The maximum absolute atomic E-state index is 12.9. The first-order chi connectivity index (χ1) is 14.8.